The van der Waals surface area contributed by atoms with E-state index in [0.29, 0.717) is 48.1 Å². The van der Waals surface area contributed by atoms with Crippen LogP contribution in [0.4, 0.5) is 0 Å². The minimum Gasteiger partial charge on any atom is -0.353 e. The molecular weight excluding hydrogens is 448 g/mol. The van der Waals surface area contributed by atoms with Crippen molar-refractivity contribution in [1.29, 1.82) is 0 Å². The van der Waals surface area contributed by atoms with Crippen molar-refractivity contribution < 1.29 is 9.59 Å². The maximum atomic E-state index is 13.6. The minimum absolute atomic E-state index is 0.0620. The minimum atomic E-state index is -0.0680. The number of nitrogens with zero attached hydrogens (tertiary/aromatic N) is 3. The number of hydrogen-bond acceptors (Lipinski definition) is 3. The molecule has 2 heterocycles. The van der Waals surface area contributed by atoms with Crippen molar-refractivity contribution >= 4 is 23.4 Å². The Labute approximate surface area is 205 Å². The largest absolute Gasteiger partial charge is 0.353 e. The molecule has 1 fully saturated rings. The van der Waals surface area contributed by atoms with Gasteiger partial charge in [-0.25, -0.2) is 4.68 Å². The quantitative estimate of drug-likeness (QED) is 0.529. The van der Waals surface area contributed by atoms with E-state index in [1.165, 1.54) is 0 Å². The molecule has 2 aromatic carbocycles. The van der Waals surface area contributed by atoms with Crippen molar-refractivity contribution in [3.05, 3.63) is 71.4 Å². The molecule has 1 N–H and O–H groups in total. The van der Waals surface area contributed by atoms with Gasteiger partial charge in [0.25, 0.3) is 5.91 Å². The van der Waals surface area contributed by atoms with Crippen molar-refractivity contribution in [2.45, 2.75) is 39.7 Å². The molecular formula is C27H31ClN4O2. The summed E-state index contributed by atoms with van der Waals surface area (Å²) in [5, 5.41) is 8.50. The number of hydrogen-bond donors (Lipinski definition) is 1. The van der Waals surface area contributed by atoms with Crippen molar-refractivity contribution in [2.75, 3.05) is 13.1 Å². The van der Waals surface area contributed by atoms with Crippen molar-refractivity contribution in [1.82, 2.24) is 20.0 Å². The number of para-hydroxylation sites is 1. The fraction of sp³-hybridized carbons (Fsp3) is 0.370. The molecule has 7 heteroatoms. The van der Waals surface area contributed by atoms with E-state index < -0.39 is 0 Å². The maximum Gasteiger partial charge on any atom is 0.257 e. The molecule has 1 saturated heterocycles. The number of amides is 2. The summed E-state index contributed by atoms with van der Waals surface area (Å²) in [6.07, 6.45) is 3.11. The lowest BCUT2D eigenvalue weighted by Crippen LogP contribution is -2.45. The van der Waals surface area contributed by atoms with Gasteiger partial charge >= 0.3 is 0 Å². The molecule has 0 radical (unpaired) electrons. The number of likely N-dealkylation sites (tertiary alicyclic amines) is 1. The predicted octanol–water partition coefficient (Wildman–Crippen LogP) is 5.21. The molecule has 1 unspecified atom stereocenters. The van der Waals surface area contributed by atoms with E-state index in [4.69, 9.17) is 16.7 Å². The molecule has 0 spiro atoms. The summed E-state index contributed by atoms with van der Waals surface area (Å²) in [4.78, 5) is 28.1. The zero-order valence-electron chi connectivity index (χ0n) is 19.9. The molecule has 1 aliphatic heterocycles. The standard InChI is InChI=1S/C27H31ClN4O2/c1-18(2)19(3)29-26(33)21-13-15-31(16-14-21)27(34)24-17-32(23-7-5-4-6-8-23)30-25(24)20-9-11-22(28)12-10-20/h4-12,17-19,21H,13-16H2,1-3H3,(H,29,33). The second-order valence-electron chi connectivity index (χ2n) is 9.29. The topological polar surface area (TPSA) is 67.2 Å². The zero-order chi connectivity index (χ0) is 24.2. The van der Waals surface area contributed by atoms with Crippen LogP contribution in [0.5, 0.6) is 0 Å². The molecule has 1 atom stereocenters. The number of rotatable bonds is 6. The number of halogens is 1. The van der Waals surface area contributed by atoms with Gasteiger partial charge in [-0.1, -0.05) is 55.8 Å². The smallest absolute Gasteiger partial charge is 0.257 e. The molecule has 4 rings (SSSR count). The lowest BCUT2D eigenvalue weighted by molar-refractivity contribution is -0.127. The molecule has 1 aromatic heterocycles. The number of piperidine rings is 1. The third kappa shape index (κ3) is 5.33. The fourth-order valence-corrected chi connectivity index (χ4v) is 4.21. The molecule has 0 bridgehead atoms. The van der Waals surface area contributed by atoms with E-state index in [2.05, 4.69) is 19.2 Å². The summed E-state index contributed by atoms with van der Waals surface area (Å²) < 4.78 is 1.74. The van der Waals surface area contributed by atoms with Crippen molar-refractivity contribution in [3.8, 4) is 16.9 Å². The molecule has 178 valence electrons. The summed E-state index contributed by atoms with van der Waals surface area (Å²) in [6.45, 7) is 7.32. The predicted molar refractivity (Wildman–Crippen MR) is 135 cm³/mol. The Morgan fingerprint density at radius 2 is 1.65 bits per heavy atom. The van der Waals surface area contributed by atoms with E-state index in [9.17, 15) is 9.59 Å². The number of benzene rings is 2. The van der Waals surface area contributed by atoms with Gasteiger partial charge in [0.1, 0.15) is 5.69 Å². The number of carbonyl (C=O) groups excluding carboxylic acids is 2. The Hall–Kier alpha value is -3.12. The molecule has 34 heavy (non-hydrogen) atoms. The van der Waals surface area contributed by atoms with E-state index >= 15 is 0 Å². The second-order valence-corrected chi connectivity index (χ2v) is 9.72. The van der Waals surface area contributed by atoms with E-state index in [1.807, 2.05) is 54.3 Å². The summed E-state index contributed by atoms with van der Waals surface area (Å²) in [5.41, 5.74) is 2.88. The van der Waals surface area contributed by atoms with Crippen LogP contribution >= 0.6 is 11.6 Å². The van der Waals surface area contributed by atoms with Crippen LogP contribution in [0.15, 0.2) is 60.8 Å². The second kappa shape index (κ2) is 10.4. The van der Waals surface area contributed by atoms with Gasteiger partial charge < -0.3 is 10.2 Å². The Morgan fingerprint density at radius 3 is 2.26 bits per heavy atom. The number of aromatic nitrogens is 2. The van der Waals surface area contributed by atoms with Gasteiger partial charge in [0.15, 0.2) is 0 Å². The average molecular weight is 479 g/mol. The fourth-order valence-electron chi connectivity index (χ4n) is 4.09. The van der Waals surface area contributed by atoms with Crippen LogP contribution < -0.4 is 5.32 Å². The molecule has 0 saturated carbocycles. The molecule has 0 aliphatic carbocycles. The van der Waals surface area contributed by atoms with E-state index in [0.717, 1.165) is 11.3 Å². The van der Waals surface area contributed by atoms with Gasteiger partial charge in [-0.05, 0) is 49.9 Å². The Balaban J connectivity index is 1.54. The summed E-state index contributed by atoms with van der Waals surface area (Å²) in [5.74, 6) is 0.347. The zero-order valence-corrected chi connectivity index (χ0v) is 20.6. The Bertz CT molecular complexity index is 1130. The Kier molecular flexibility index (Phi) is 7.37. The SMILES string of the molecule is CC(C)C(C)NC(=O)C1CCN(C(=O)c2cn(-c3ccccc3)nc2-c2ccc(Cl)cc2)CC1. The first-order valence-electron chi connectivity index (χ1n) is 11.8. The van der Waals surface area contributed by atoms with Gasteiger partial charge in [0.05, 0.1) is 11.3 Å². The lowest BCUT2D eigenvalue weighted by atomic mass is 9.94. The van der Waals surface area contributed by atoms with Crippen LogP contribution in [-0.4, -0.2) is 45.6 Å². The Morgan fingerprint density at radius 1 is 1.00 bits per heavy atom. The van der Waals surface area contributed by atoms with Crippen molar-refractivity contribution in [2.24, 2.45) is 11.8 Å². The summed E-state index contributed by atoms with van der Waals surface area (Å²) >= 11 is 6.08. The third-order valence-corrected chi connectivity index (χ3v) is 6.86. The number of nitrogens with one attached hydrogen (secondary N) is 1. The number of carbonyl (C=O) groups is 2. The molecule has 1 aliphatic rings. The van der Waals surface area contributed by atoms with Gasteiger partial charge in [0, 0.05) is 41.8 Å². The molecule has 3 aromatic rings. The first-order chi connectivity index (χ1) is 16.3. The van der Waals surface area contributed by atoms with Crippen LogP contribution in [0.2, 0.25) is 5.02 Å². The highest BCUT2D eigenvalue weighted by Crippen LogP contribution is 2.28. The first kappa shape index (κ1) is 24.0. The normalized spacial score (nSPS) is 15.4. The van der Waals surface area contributed by atoms with E-state index in [1.54, 1.807) is 23.0 Å². The third-order valence-electron chi connectivity index (χ3n) is 6.61. The monoisotopic (exact) mass is 478 g/mol. The van der Waals surface area contributed by atoms with Gasteiger partial charge in [-0.3, -0.25) is 9.59 Å². The van der Waals surface area contributed by atoms with Crippen LogP contribution in [-0.2, 0) is 4.79 Å². The van der Waals surface area contributed by atoms with E-state index in [-0.39, 0.29) is 23.8 Å². The molecule has 2 amide bonds. The average Bonchev–Trinajstić information content (AvgIpc) is 3.30. The first-order valence-corrected chi connectivity index (χ1v) is 12.2. The highest BCUT2D eigenvalue weighted by molar-refractivity contribution is 6.30. The van der Waals surface area contributed by atoms with Crippen LogP contribution in [0.25, 0.3) is 16.9 Å². The summed E-state index contributed by atoms with van der Waals surface area (Å²) in [7, 11) is 0. The highest BCUT2D eigenvalue weighted by atomic mass is 35.5. The van der Waals surface area contributed by atoms with Crippen LogP contribution in [0.1, 0.15) is 44.0 Å². The van der Waals surface area contributed by atoms with Crippen LogP contribution in [0.3, 0.4) is 0 Å². The lowest BCUT2D eigenvalue weighted by Gasteiger charge is -2.32. The maximum absolute atomic E-state index is 13.6. The molecule has 6 nitrogen and oxygen atoms in total. The van der Waals surface area contributed by atoms with Crippen molar-refractivity contribution in [3.63, 3.8) is 0 Å². The van der Waals surface area contributed by atoms with Gasteiger partial charge in [0.2, 0.25) is 5.91 Å². The highest BCUT2D eigenvalue weighted by Gasteiger charge is 2.30. The summed E-state index contributed by atoms with van der Waals surface area (Å²) in [6, 6.07) is 17.2. The van der Waals surface area contributed by atoms with Crippen LogP contribution in [0, 0.1) is 11.8 Å². The van der Waals surface area contributed by atoms with Gasteiger partial charge in [-0.15, -0.1) is 0 Å². The van der Waals surface area contributed by atoms with Gasteiger partial charge in [-0.2, -0.15) is 5.10 Å².